The first-order valence-electron chi connectivity index (χ1n) is 10.0. The van der Waals surface area contributed by atoms with Crippen LogP contribution in [0.15, 0.2) is 52.5 Å². The quantitative estimate of drug-likeness (QED) is 0.711. The molecular weight excluding hydrogens is 406 g/mol. The number of sulfonamides is 1. The Morgan fingerprint density at radius 1 is 1.14 bits per heavy atom. The van der Waals surface area contributed by atoms with Gasteiger partial charge in [0, 0.05) is 19.3 Å². The summed E-state index contributed by atoms with van der Waals surface area (Å²) in [7, 11) is -3.45. The third kappa shape index (κ3) is 4.65. The van der Waals surface area contributed by atoms with E-state index in [-0.39, 0.29) is 22.6 Å². The lowest BCUT2D eigenvalue weighted by molar-refractivity contribution is -0.119. The molecule has 4 rings (SSSR count). The van der Waals surface area contributed by atoms with Crippen molar-refractivity contribution in [1.29, 1.82) is 0 Å². The fourth-order valence-electron chi connectivity index (χ4n) is 3.96. The number of thioether (sulfide) groups is 1. The highest BCUT2D eigenvalue weighted by atomic mass is 32.2. The molecule has 1 fully saturated rings. The zero-order chi connectivity index (χ0) is 20.3. The molecule has 0 bridgehead atoms. The predicted molar refractivity (Wildman–Crippen MR) is 113 cm³/mol. The Hall–Kier alpha value is -1.90. The standard InChI is InChI=1S/C21H25N3O3S2/c25-20(23-19-9-5-7-16-6-1-2-8-18(16)19)15-28-21-11-10-17(14-22-21)29(26,27)24-12-3-4-13-24/h1-2,6,8,10-11,14,19H,3-5,7,9,12-13,15H2,(H,23,25)/t19-/m0/s1. The van der Waals surface area contributed by atoms with Crippen LogP contribution in [0.5, 0.6) is 0 Å². The molecule has 2 aliphatic rings. The Kier molecular flexibility index (Phi) is 6.22. The van der Waals surface area contributed by atoms with Gasteiger partial charge in [-0.15, -0.1) is 0 Å². The third-order valence-electron chi connectivity index (χ3n) is 5.47. The van der Waals surface area contributed by atoms with Crippen LogP contribution in [0.3, 0.4) is 0 Å². The summed E-state index contributed by atoms with van der Waals surface area (Å²) in [5.74, 6) is 0.219. The summed E-state index contributed by atoms with van der Waals surface area (Å²) < 4.78 is 26.6. The average molecular weight is 432 g/mol. The number of carbonyl (C=O) groups excluding carboxylic acids is 1. The van der Waals surface area contributed by atoms with Crippen molar-refractivity contribution in [2.24, 2.45) is 0 Å². The van der Waals surface area contributed by atoms with Gasteiger partial charge in [-0.1, -0.05) is 36.0 Å². The largest absolute Gasteiger partial charge is 0.349 e. The number of benzene rings is 1. The van der Waals surface area contributed by atoms with E-state index in [4.69, 9.17) is 0 Å². The number of hydrogen-bond acceptors (Lipinski definition) is 5. The smallest absolute Gasteiger partial charge is 0.244 e. The molecule has 1 saturated heterocycles. The molecule has 29 heavy (non-hydrogen) atoms. The number of rotatable bonds is 6. The predicted octanol–water partition coefficient (Wildman–Crippen LogP) is 3.15. The van der Waals surface area contributed by atoms with E-state index in [0.29, 0.717) is 18.1 Å². The van der Waals surface area contributed by atoms with Crippen LogP contribution in [0.2, 0.25) is 0 Å². The molecule has 8 heteroatoms. The van der Waals surface area contributed by atoms with Gasteiger partial charge < -0.3 is 5.32 Å². The van der Waals surface area contributed by atoms with Crippen LogP contribution in [0.25, 0.3) is 0 Å². The van der Waals surface area contributed by atoms with Crippen molar-refractivity contribution in [3.05, 3.63) is 53.7 Å². The number of pyridine rings is 1. The molecule has 1 aliphatic carbocycles. The maximum atomic E-state index is 12.5. The fourth-order valence-corrected chi connectivity index (χ4v) is 6.08. The second-order valence-corrected chi connectivity index (χ2v) is 10.4. The van der Waals surface area contributed by atoms with E-state index in [1.54, 1.807) is 12.1 Å². The van der Waals surface area contributed by atoms with Gasteiger partial charge >= 0.3 is 0 Å². The average Bonchev–Trinajstić information content (AvgIpc) is 3.29. The van der Waals surface area contributed by atoms with Crippen LogP contribution in [0, 0.1) is 0 Å². The monoisotopic (exact) mass is 431 g/mol. The summed E-state index contributed by atoms with van der Waals surface area (Å²) in [6.07, 6.45) is 6.29. The van der Waals surface area contributed by atoms with Gasteiger partial charge in [-0.25, -0.2) is 13.4 Å². The summed E-state index contributed by atoms with van der Waals surface area (Å²) >= 11 is 1.32. The Morgan fingerprint density at radius 3 is 2.69 bits per heavy atom. The Bertz CT molecular complexity index is 971. The van der Waals surface area contributed by atoms with E-state index in [0.717, 1.165) is 32.1 Å². The number of hydrogen-bond donors (Lipinski definition) is 1. The number of nitrogens with zero attached hydrogens (tertiary/aromatic N) is 2. The molecule has 0 radical (unpaired) electrons. The van der Waals surface area contributed by atoms with Crippen molar-refractivity contribution >= 4 is 27.7 Å². The minimum absolute atomic E-state index is 0.0349. The van der Waals surface area contributed by atoms with Crippen molar-refractivity contribution in [2.75, 3.05) is 18.8 Å². The van der Waals surface area contributed by atoms with E-state index in [1.165, 1.54) is 33.4 Å². The second-order valence-electron chi connectivity index (χ2n) is 7.44. The lowest BCUT2D eigenvalue weighted by atomic mass is 9.88. The Balaban J connectivity index is 1.33. The van der Waals surface area contributed by atoms with Gasteiger partial charge in [0.25, 0.3) is 0 Å². The molecule has 1 aromatic heterocycles. The van der Waals surface area contributed by atoms with Crippen LogP contribution < -0.4 is 5.32 Å². The molecule has 1 aromatic carbocycles. The molecule has 0 unspecified atom stereocenters. The fraction of sp³-hybridized carbons (Fsp3) is 0.429. The molecule has 0 spiro atoms. The summed E-state index contributed by atoms with van der Waals surface area (Å²) in [5, 5.41) is 3.77. The molecule has 154 valence electrons. The van der Waals surface area contributed by atoms with Crippen molar-refractivity contribution in [3.63, 3.8) is 0 Å². The molecule has 2 aromatic rings. The number of amides is 1. The van der Waals surface area contributed by atoms with E-state index in [9.17, 15) is 13.2 Å². The molecule has 0 saturated carbocycles. The zero-order valence-electron chi connectivity index (χ0n) is 16.2. The minimum Gasteiger partial charge on any atom is -0.349 e. The normalized spacial score (nSPS) is 19.7. The first-order chi connectivity index (χ1) is 14.0. The van der Waals surface area contributed by atoms with Gasteiger partial charge in [0.2, 0.25) is 15.9 Å². The van der Waals surface area contributed by atoms with Crippen LogP contribution >= 0.6 is 11.8 Å². The second kappa shape index (κ2) is 8.85. The summed E-state index contributed by atoms with van der Waals surface area (Å²) in [6.45, 7) is 1.15. The van der Waals surface area contributed by atoms with Crippen LogP contribution in [-0.2, 0) is 21.2 Å². The van der Waals surface area contributed by atoms with Crippen LogP contribution in [-0.4, -0.2) is 42.5 Å². The minimum atomic E-state index is -3.45. The highest BCUT2D eigenvalue weighted by Gasteiger charge is 2.27. The lowest BCUT2D eigenvalue weighted by Crippen LogP contribution is -2.32. The Morgan fingerprint density at radius 2 is 1.93 bits per heavy atom. The molecule has 2 heterocycles. The molecule has 1 amide bonds. The number of fused-ring (bicyclic) bond motifs is 1. The van der Waals surface area contributed by atoms with E-state index < -0.39 is 10.0 Å². The molecule has 6 nitrogen and oxygen atoms in total. The number of nitrogens with one attached hydrogen (secondary N) is 1. The van der Waals surface area contributed by atoms with Crippen molar-refractivity contribution < 1.29 is 13.2 Å². The van der Waals surface area contributed by atoms with E-state index in [1.807, 2.05) is 12.1 Å². The number of carbonyl (C=O) groups is 1. The number of aromatic nitrogens is 1. The van der Waals surface area contributed by atoms with Gasteiger partial charge in [-0.3, -0.25) is 4.79 Å². The summed E-state index contributed by atoms with van der Waals surface area (Å²) in [6, 6.07) is 11.6. The zero-order valence-corrected chi connectivity index (χ0v) is 17.8. The first-order valence-corrected chi connectivity index (χ1v) is 12.4. The summed E-state index contributed by atoms with van der Waals surface area (Å²) in [4.78, 5) is 16.9. The molecule has 1 atom stereocenters. The maximum absolute atomic E-state index is 12.5. The maximum Gasteiger partial charge on any atom is 0.244 e. The van der Waals surface area contributed by atoms with Gasteiger partial charge in [0.15, 0.2) is 0 Å². The Labute approximate surface area is 176 Å². The lowest BCUT2D eigenvalue weighted by Gasteiger charge is -2.26. The van der Waals surface area contributed by atoms with Gasteiger partial charge in [0.05, 0.1) is 16.8 Å². The van der Waals surface area contributed by atoms with Gasteiger partial charge in [-0.05, 0) is 55.4 Å². The topological polar surface area (TPSA) is 79.4 Å². The SMILES string of the molecule is O=C(CSc1ccc(S(=O)(=O)N2CCCC2)cn1)N[C@H]1CCCc2ccccc21. The van der Waals surface area contributed by atoms with Crippen molar-refractivity contribution in [1.82, 2.24) is 14.6 Å². The van der Waals surface area contributed by atoms with Gasteiger partial charge in [0.1, 0.15) is 4.90 Å². The first kappa shape index (κ1) is 20.4. The molecule has 1 N–H and O–H groups in total. The van der Waals surface area contributed by atoms with Crippen molar-refractivity contribution in [3.8, 4) is 0 Å². The van der Waals surface area contributed by atoms with E-state index in [2.05, 4.69) is 22.4 Å². The third-order valence-corrected chi connectivity index (χ3v) is 8.29. The van der Waals surface area contributed by atoms with Crippen LogP contribution in [0.4, 0.5) is 0 Å². The number of aryl methyl sites for hydroxylation is 1. The summed E-state index contributed by atoms with van der Waals surface area (Å²) in [5.41, 5.74) is 2.53. The van der Waals surface area contributed by atoms with E-state index >= 15 is 0 Å². The van der Waals surface area contributed by atoms with Gasteiger partial charge in [-0.2, -0.15) is 4.31 Å². The van der Waals surface area contributed by atoms with Crippen molar-refractivity contribution in [2.45, 2.75) is 48.1 Å². The molecule has 1 aliphatic heterocycles. The van der Waals surface area contributed by atoms with Crippen LogP contribution in [0.1, 0.15) is 42.9 Å². The molecular formula is C21H25N3O3S2. The highest BCUT2D eigenvalue weighted by Crippen LogP contribution is 2.29. The highest BCUT2D eigenvalue weighted by molar-refractivity contribution is 7.99.